The maximum Gasteiger partial charge on any atom is 0.0455 e. The summed E-state index contributed by atoms with van der Waals surface area (Å²) in [4.78, 5) is 2.22. The zero-order chi connectivity index (χ0) is 12.0. The van der Waals surface area contributed by atoms with Crippen LogP contribution in [0.3, 0.4) is 0 Å². The van der Waals surface area contributed by atoms with Crippen LogP contribution >= 0.6 is 0 Å². The minimum atomic E-state index is 0.462. The molecule has 3 rings (SSSR count). The molecule has 1 heteroatoms. The fourth-order valence-corrected chi connectivity index (χ4v) is 2.86. The molecule has 2 aliphatic rings. The van der Waals surface area contributed by atoms with Gasteiger partial charge in [-0.25, -0.2) is 0 Å². The van der Waals surface area contributed by atoms with E-state index in [0.29, 0.717) is 11.8 Å². The van der Waals surface area contributed by atoms with Crippen LogP contribution in [0.2, 0.25) is 0 Å². The van der Waals surface area contributed by atoms with Gasteiger partial charge in [0.2, 0.25) is 0 Å². The van der Waals surface area contributed by atoms with E-state index in [9.17, 15) is 0 Å². The van der Waals surface area contributed by atoms with Crippen LogP contribution in [0.5, 0.6) is 0 Å². The number of aryl methyl sites for hydroxylation is 1. The maximum absolute atomic E-state index is 4.25. The molecular formula is C16H17N. The van der Waals surface area contributed by atoms with Gasteiger partial charge in [-0.2, -0.15) is 0 Å². The highest BCUT2D eigenvalue weighted by Gasteiger charge is 2.39. The molecule has 86 valence electrons. The highest BCUT2D eigenvalue weighted by molar-refractivity contribution is 5.63. The molecule has 0 bridgehead atoms. The van der Waals surface area contributed by atoms with E-state index in [4.69, 9.17) is 0 Å². The number of fused-ring (bicyclic) bond motifs is 1. The summed E-state index contributed by atoms with van der Waals surface area (Å²) in [6, 6.07) is 8.58. The van der Waals surface area contributed by atoms with Gasteiger partial charge in [0, 0.05) is 28.9 Å². The summed E-state index contributed by atoms with van der Waals surface area (Å²) >= 11 is 0. The smallest absolute Gasteiger partial charge is 0.0455 e. The highest BCUT2D eigenvalue weighted by Crippen LogP contribution is 2.47. The summed E-state index contributed by atoms with van der Waals surface area (Å²) in [6.07, 6.45) is 5.62. The minimum Gasteiger partial charge on any atom is -0.318 e. The summed E-state index contributed by atoms with van der Waals surface area (Å²) in [7, 11) is 0. The third kappa shape index (κ3) is 1.46. The first-order chi connectivity index (χ1) is 8.18. The molecule has 1 fully saturated rings. The molecular weight excluding hydrogens is 206 g/mol. The van der Waals surface area contributed by atoms with Gasteiger partial charge in [0.15, 0.2) is 0 Å². The highest BCUT2D eigenvalue weighted by atomic mass is 15.2. The molecule has 1 aliphatic heterocycles. The Morgan fingerprint density at radius 1 is 1.12 bits per heavy atom. The van der Waals surface area contributed by atoms with Gasteiger partial charge in [0.25, 0.3) is 0 Å². The Balaban J connectivity index is 1.99. The largest absolute Gasteiger partial charge is 0.318 e. The Kier molecular flexibility index (Phi) is 2.22. The van der Waals surface area contributed by atoms with Crippen molar-refractivity contribution in [2.24, 2.45) is 11.8 Å². The number of allylic oxidation sites excluding steroid dienone is 3. The molecule has 1 aliphatic carbocycles. The summed E-state index contributed by atoms with van der Waals surface area (Å²) in [6.45, 7) is 10.6. The second-order valence-electron chi connectivity index (χ2n) is 4.95. The van der Waals surface area contributed by atoms with E-state index in [0.717, 1.165) is 12.1 Å². The molecule has 1 heterocycles. The second kappa shape index (κ2) is 3.63. The Hall–Kier alpha value is -1.76. The predicted octanol–water partition coefficient (Wildman–Crippen LogP) is 4.03. The number of rotatable bonds is 1. The van der Waals surface area contributed by atoms with Crippen molar-refractivity contribution in [3.63, 3.8) is 0 Å². The van der Waals surface area contributed by atoms with Crippen LogP contribution in [0, 0.1) is 18.8 Å². The van der Waals surface area contributed by atoms with Crippen molar-refractivity contribution in [1.82, 2.24) is 0 Å². The molecule has 0 amide bonds. The van der Waals surface area contributed by atoms with Crippen molar-refractivity contribution in [2.75, 3.05) is 4.90 Å². The molecule has 0 spiro atoms. The van der Waals surface area contributed by atoms with Gasteiger partial charge in [0.1, 0.15) is 0 Å². The van der Waals surface area contributed by atoms with Crippen molar-refractivity contribution in [3.8, 4) is 0 Å². The lowest BCUT2D eigenvalue weighted by Crippen LogP contribution is -2.15. The van der Waals surface area contributed by atoms with E-state index >= 15 is 0 Å². The number of hydrogen-bond acceptors (Lipinski definition) is 1. The molecule has 2 atom stereocenters. The molecule has 1 aromatic rings. The number of anilines is 1. The normalized spacial score (nSPS) is 26.8. The van der Waals surface area contributed by atoms with E-state index in [2.05, 4.69) is 61.4 Å². The first-order valence-electron chi connectivity index (χ1n) is 6.09. The fraction of sp³-hybridized carbons (Fsp3) is 0.250. The summed E-state index contributed by atoms with van der Waals surface area (Å²) in [5.41, 5.74) is 4.82. The van der Waals surface area contributed by atoms with Crippen LogP contribution in [-0.4, -0.2) is 0 Å². The van der Waals surface area contributed by atoms with Crippen molar-refractivity contribution in [3.05, 3.63) is 66.5 Å². The average molecular weight is 223 g/mol. The second-order valence-corrected chi connectivity index (χ2v) is 4.95. The molecule has 0 N–H and O–H groups in total. The zero-order valence-electron chi connectivity index (χ0n) is 10.2. The first-order valence-corrected chi connectivity index (χ1v) is 6.09. The van der Waals surface area contributed by atoms with E-state index < -0.39 is 0 Å². The summed E-state index contributed by atoms with van der Waals surface area (Å²) in [5.74, 6) is 0.993. The van der Waals surface area contributed by atoms with E-state index in [1.54, 1.807) is 0 Å². The summed E-state index contributed by atoms with van der Waals surface area (Å²) in [5, 5.41) is 0. The quantitative estimate of drug-likeness (QED) is 0.650. The van der Waals surface area contributed by atoms with E-state index in [-0.39, 0.29) is 0 Å². The van der Waals surface area contributed by atoms with Crippen molar-refractivity contribution >= 4 is 5.69 Å². The molecule has 0 saturated carbocycles. The Labute approximate surface area is 103 Å². The molecule has 17 heavy (non-hydrogen) atoms. The summed E-state index contributed by atoms with van der Waals surface area (Å²) < 4.78 is 0. The van der Waals surface area contributed by atoms with Gasteiger partial charge in [0.05, 0.1) is 0 Å². The maximum atomic E-state index is 4.25. The van der Waals surface area contributed by atoms with Crippen LogP contribution in [0.15, 0.2) is 61.0 Å². The molecule has 1 aromatic carbocycles. The lowest BCUT2D eigenvalue weighted by molar-refractivity contribution is 0.604. The average Bonchev–Trinajstić information content (AvgIpc) is 2.87. The van der Waals surface area contributed by atoms with Crippen LogP contribution in [0.1, 0.15) is 12.0 Å². The van der Waals surface area contributed by atoms with Crippen molar-refractivity contribution in [2.45, 2.75) is 13.3 Å². The Morgan fingerprint density at radius 2 is 1.82 bits per heavy atom. The molecule has 0 radical (unpaired) electrons. The van der Waals surface area contributed by atoms with Crippen molar-refractivity contribution < 1.29 is 0 Å². The van der Waals surface area contributed by atoms with Crippen LogP contribution in [0.4, 0.5) is 5.69 Å². The van der Waals surface area contributed by atoms with Crippen LogP contribution < -0.4 is 4.90 Å². The zero-order valence-corrected chi connectivity index (χ0v) is 10.2. The van der Waals surface area contributed by atoms with Gasteiger partial charge in [-0.1, -0.05) is 43.0 Å². The van der Waals surface area contributed by atoms with Gasteiger partial charge in [-0.15, -0.1) is 0 Å². The molecule has 2 unspecified atom stereocenters. The Bertz CT molecular complexity index is 507. The standard InChI is InChI=1S/C16H17N/c1-11-7-9-14(10-8-11)17-12(2)15-5-4-6-16(15)13(17)3/h4-5,7-10,15-16H,2-3,6H2,1H3. The lowest BCUT2D eigenvalue weighted by Gasteiger charge is -2.22. The number of benzene rings is 1. The Morgan fingerprint density at radius 3 is 2.47 bits per heavy atom. The van der Waals surface area contributed by atoms with Crippen LogP contribution in [-0.2, 0) is 0 Å². The van der Waals surface area contributed by atoms with Gasteiger partial charge in [-0.05, 0) is 25.5 Å². The number of hydrogen-bond donors (Lipinski definition) is 0. The van der Waals surface area contributed by atoms with Gasteiger partial charge >= 0.3 is 0 Å². The van der Waals surface area contributed by atoms with Crippen molar-refractivity contribution in [1.29, 1.82) is 0 Å². The fourth-order valence-electron chi connectivity index (χ4n) is 2.86. The minimum absolute atomic E-state index is 0.462. The SMILES string of the molecule is C=C1C2C=CCC2C(=C)N1c1ccc(C)cc1. The van der Waals surface area contributed by atoms with Gasteiger partial charge in [-0.3, -0.25) is 0 Å². The molecule has 1 saturated heterocycles. The third-order valence-electron chi connectivity index (χ3n) is 3.85. The number of nitrogens with zero attached hydrogens (tertiary/aromatic N) is 1. The lowest BCUT2D eigenvalue weighted by atomic mass is 9.96. The third-order valence-corrected chi connectivity index (χ3v) is 3.85. The van der Waals surface area contributed by atoms with E-state index in [1.165, 1.54) is 16.9 Å². The van der Waals surface area contributed by atoms with E-state index in [1.807, 2.05) is 0 Å². The molecule has 0 aromatic heterocycles. The van der Waals surface area contributed by atoms with Crippen LogP contribution in [0.25, 0.3) is 0 Å². The first kappa shape index (κ1) is 10.4. The monoisotopic (exact) mass is 223 g/mol. The molecule has 1 nitrogen and oxygen atoms in total. The van der Waals surface area contributed by atoms with Gasteiger partial charge < -0.3 is 4.90 Å². The topological polar surface area (TPSA) is 3.24 Å². The predicted molar refractivity (Wildman–Crippen MR) is 72.7 cm³/mol.